The summed E-state index contributed by atoms with van der Waals surface area (Å²) >= 11 is 1.68. The quantitative estimate of drug-likeness (QED) is 0.366. The van der Waals surface area contributed by atoms with E-state index in [2.05, 4.69) is 63.1 Å². The van der Waals surface area contributed by atoms with Gasteiger partial charge >= 0.3 is 0 Å². The van der Waals surface area contributed by atoms with Gasteiger partial charge in [0.1, 0.15) is 6.54 Å². The van der Waals surface area contributed by atoms with Gasteiger partial charge in [0, 0.05) is 16.6 Å². The van der Waals surface area contributed by atoms with Gasteiger partial charge in [-0.2, -0.15) is 10.2 Å². The minimum absolute atomic E-state index is 0.0766. The Morgan fingerprint density at radius 1 is 0.971 bits per heavy atom. The third kappa shape index (κ3) is 4.12. The lowest BCUT2D eigenvalue weighted by Crippen LogP contribution is -2.20. The Hall–Kier alpha value is -3.78. The Bertz CT molecular complexity index is 1480. The van der Waals surface area contributed by atoms with Crippen molar-refractivity contribution in [2.45, 2.75) is 40.8 Å². The zero-order valence-corrected chi connectivity index (χ0v) is 20.5. The van der Waals surface area contributed by atoms with Gasteiger partial charge in [-0.25, -0.2) is 9.67 Å². The number of nitrogens with one attached hydrogen (secondary N) is 1. The van der Waals surface area contributed by atoms with Crippen LogP contribution in [0.15, 0.2) is 54.0 Å². The Morgan fingerprint density at radius 2 is 1.74 bits per heavy atom. The van der Waals surface area contributed by atoms with Crippen LogP contribution in [0.1, 0.15) is 28.2 Å². The molecule has 34 heavy (non-hydrogen) atoms. The minimum atomic E-state index is -0.159. The van der Waals surface area contributed by atoms with Crippen LogP contribution >= 0.6 is 11.3 Å². The lowest BCUT2D eigenvalue weighted by atomic mass is 10.1. The highest BCUT2D eigenvalue weighted by atomic mass is 32.1. The van der Waals surface area contributed by atoms with Gasteiger partial charge in [0.15, 0.2) is 5.65 Å². The maximum atomic E-state index is 13.0. The second-order valence-corrected chi connectivity index (χ2v) is 9.46. The number of anilines is 1. The molecule has 172 valence electrons. The monoisotopic (exact) mass is 470 g/mol. The normalized spacial score (nSPS) is 11.3. The molecule has 0 radical (unpaired) electrons. The van der Waals surface area contributed by atoms with E-state index < -0.39 is 0 Å². The number of fused-ring (bicyclic) bond motifs is 1. The highest BCUT2D eigenvalue weighted by molar-refractivity contribution is 7.13. The van der Waals surface area contributed by atoms with Crippen molar-refractivity contribution in [1.82, 2.24) is 24.5 Å². The second kappa shape index (κ2) is 8.87. The molecule has 5 aromatic rings. The minimum Gasteiger partial charge on any atom is -0.321 e. The molecular weight excluding hydrogens is 444 g/mol. The third-order valence-electron chi connectivity index (χ3n) is 5.99. The Labute approximate surface area is 202 Å². The summed E-state index contributed by atoms with van der Waals surface area (Å²) in [7, 11) is 0. The van der Waals surface area contributed by atoms with E-state index in [0.717, 1.165) is 38.6 Å². The molecule has 1 N–H and O–H groups in total. The van der Waals surface area contributed by atoms with Crippen molar-refractivity contribution in [3.63, 3.8) is 0 Å². The molecule has 8 heteroatoms. The number of benzene rings is 1. The second-order valence-electron chi connectivity index (χ2n) is 8.51. The predicted molar refractivity (Wildman–Crippen MR) is 136 cm³/mol. The number of aromatic nitrogens is 5. The van der Waals surface area contributed by atoms with Crippen LogP contribution in [0.2, 0.25) is 0 Å². The molecule has 0 aliphatic rings. The van der Waals surface area contributed by atoms with Crippen molar-refractivity contribution < 1.29 is 4.79 Å². The van der Waals surface area contributed by atoms with Crippen molar-refractivity contribution in [1.29, 1.82) is 0 Å². The number of hydrogen-bond acceptors (Lipinski definition) is 5. The molecule has 0 unspecified atom stereocenters. The van der Waals surface area contributed by atoms with Gasteiger partial charge in [0.25, 0.3) is 0 Å². The molecule has 0 saturated heterocycles. The molecule has 4 heterocycles. The average Bonchev–Trinajstić information content (AvgIpc) is 3.52. The summed E-state index contributed by atoms with van der Waals surface area (Å²) in [6.45, 7) is 8.65. The van der Waals surface area contributed by atoms with E-state index in [9.17, 15) is 4.79 Å². The number of rotatable bonds is 6. The zero-order chi connectivity index (χ0) is 23.8. The summed E-state index contributed by atoms with van der Waals surface area (Å²) in [5.74, 6) is -0.159. The maximum absolute atomic E-state index is 13.0. The summed E-state index contributed by atoms with van der Waals surface area (Å²) in [5.41, 5.74) is 7.51. The van der Waals surface area contributed by atoms with E-state index in [1.165, 1.54) is 11.1 Å². The van der Waals surface area contributed by atoms with Gasteiger partial charge in [-0.05, 0) is 50.8 Å². The predicted octanol–water partition coefficient (Wildman–Crippen LogP) is 5.28. The lowest BCUT2D eigenvalue weighted by Gasteiger charge is -2.08. The van der Waals surface area contributed by atoms with Crippen LogP contribution in [0, 0.1) is 27.7 Å². The van der Waals surface area contributed by atoms with Crippen LogP contribution in [0.3, 0.4) is 0 Å². The van der Waals surface area contributed by atoms with Crippen molar-refractivity contribution in [3.05, 3.63) is 82.3 Å². The highest BCUT2D eigenvalue weighted by Gasteiger charge is 2.19. The smallest absolute Gasteiger partial charge is 0.246 e. The van der Waals surface area contributed by atoms with Gasteiger partial charge < -0.3 is 5.32 Å². The number of aryl methyl sites for hydroxylation is 3. The molecule has 0 spiro atoms. The molecule has 7 nitrogen and oxygen atoms in total. The van der Waals surface area contributed by atoms with E-state index in [4.69, 9.17) is 0 Å². The molecule has 0 atom stereocenters. The van der Waals surface area contributed by atoms with E-state index in [1.807, 2.05) is 37.6 Å². The summed E-state index contributed by atoms with van der Waals surface area (Å²) < 4.78 is 3.61. The highest BCUT2D eigenvalue weighted by Crippen LogP contribution is 2.32. The van der Waals surface area contributed by atoms with Gasteiger partial charge in [0.05, 0.1) is 34.7 Å². The van der Waals surface area contributed by atoms with Crippen molar-refractivity contribution in [2.75, 3.05) is 5.32 Å². The van der Waals surface area contributed by atoms with E-state index in [0.29, 0.717) is 12.2 Å². The summed E-state index contributed by atoms with van der Waals surface area (Å²) in [6, 6.07) is 14.5. The van der Waals surface area contributed by atoms with E-state index >= 15 is 0 Å². The van der Waals surface area contributed by atoms with E-state index in [-0.39, 0.29) is 12.5 Å². The molecule has 0 aliphatic carbocycles. The molecule has 0 fully saturated rings. The van der Waals surface area contributed by atoms with Crippen LogP contribution in [0.5, 0.6) is 0 Å². The molecule has 1 aromatic carbocycles. The van der Waals surface area contributed by atoms with Gasteiger partial charge in [-0.1, -0.05) is 35.9 Å². The molecule has 0 saturated carbocycles. The number of amides is 1. The first-order chi connectivity index (χ1) is 16.4. The Kier molecular flexibility index (Phi) is 5.75. The largest absolute Gasteiger partial charge is 0.321 e. The number of thiophene rings is 1. The molecule has 4 aromatic heterocycles. The first-order valence-electron chi connectivity index (χ1n) is 11.2. The molecule has 0 aliphatic heterocycles. The number of nitrogens with zero attached hydrogens (tertiary/aromatic N) is 5. The fraction of sp³-hybridized carbons (Fsp3) is 0.231. The first-order valence-corrected chi connectivity index (χ1v) is 12.0. The fourth-order valence-corrected chi connectivity index (χ4v) is 5.00. The average molecular weight is 471 g/mol. The summed E-state index contributed by atoms with van der Waals surface area (Å²) in [5, 5.41) is 15.4. The topological polar surface area (TPSA) is 77.6 Å². The summed E-state index contributed by atoms with van der Waals surface area (Å²) in [4.78, 5) is 18.7. The van der Waals surface area contributed by atoms with Crippen LogP contribution in [-0.2, 0) is 17.9 Å². The molecule has 5 rings (SSSR count). The molecule has 0 bridgehead atoms. The van der Waals surface area contributed by atoms with Gasteiger partial charge in [-0.15, -0.1) is 11.3 Å². The lowest BCUT2D eigenvalue weighted by molar-refractivity contribution is -0.116. The van der Waals surface area contributed by atoms with Crippen molar-refractivity contribution in [2.24, 2.45) is 0 Å². The fourth-order valence-electron chi connectivity index (χ4n) is 4.24. The number of hydrogen-bond donors (Lipinski definition) is 1. The SMILES string of the molecule is Cc1ccc(Cn2nc(C)c(NC(=O)Cn3nc(C)c4c(-c5cccs5)ccnc43)c2C)cc1. The Balaban J connectivity index is 1.37. The van der Waals surface area contributed by atoms with Gasteiger partial charge in [0.2, 0.25) is 5.91 Å². The first kappa shape index (κ1) is 22.0. The number of carbonyl (C=O) groups is 1. The maximum Gasteiger partial charge on any atom is 0.246 e. The Morgan fingerprint density at radius 3 is 2.47 bits per heavy atom. The standard InChI is InChI=1S/C26H26N6OS/c1-16-7-9-20(10-8-16)14-31-19(4)25(18(3)30-31)28-23(33)15-32-26-24(17(2)29-32)21(11-12-27-26)22-6-5-13-34-22/h5-13H,14-15H2,1-4H3,(H,28,33). The van der Waals surface area contributed by atoms with Crippen LogP contribution in [0.4, 0.5) is 5.69 Å². The third-order valence-corrected chi connectivity index (χ3v) is 6.89. The van der Waals surface area contributed by atoms with Crippen molar-refractivity contribution in [3.8, 4) is 10.4 Å². The molecular formula is C26H26N6OS. The number of pyridine rings is 1. The van der Waals surface area contributed by atoms with E-state index in [1.54, 1.807) is 22.2 Å². The zero-order valence-electron chi connectivity index (χ0n) is 19.7. The summed E-state index contributed by atoms with van der Waals surface area (Å²) in [6.07, 6.45) is 1.77. The van der Waals surface area contributed by atoms with Crippen LogP contribution in [-0.4, -0.2) is 30.5 Å². The van der Waals surface area contributed by atoms with Crippen LogP contribution in [0.25, 0.3) is 21.5 Å². The molecule has 1 amide bonds. The van der Waals surface area contributed by atoms with Crippen molar-refractivity contribution >= 4 is 34.0 Å². The van der Waals surface area contributed by atoms with Gasteiger partial charge in [-0.3, -0.25) is 9.48 Å². The number of carbonyl (C=O) groups excluding carboxylic acids is 1. The van der Waals surface area contributed by atoms with Crippen LogP contribution < -0.4 is 5.32 Å².